The Morgan fingerprint density at radius 2 is 2.00 bits per heavy atom. The summed E-state index contributed by atoms with van der Waals surface area (Å²) in [6.45, 7) is 2.99. The normalized spacial score (nSPS) is 24.8. The molecule has 3 heteroatoms. The van der Waals surface area contributed by atoms with Crippen LogP contribution in [0.2, 0.25) is 0 Å². The lowest BCUT2D eigenvalue weighted by molar-refractivity contribution is -0.126. The highest BCUT2D eigenvalue weighted by atomic mass is 16.1. The van der Waals surface area contributed by atoms with Gasteiger partial charge in [-0.15, -0.1) is 0 Å². The second kappa shape index (κ2) is 7.27. The molecule has 1 saturated carbocycles. The predicted octanol–water partition coefficient (Wildman–Crippen LogP) is 2.62. The number of nitrogens with one attached hydrogen (secondary N) is 1. The third kappa shape index (κ3) is 4.65. The summed E-state index contributed by atoms with van der Waals surface area (Å²) in [5.41, 5.74) is 0. The summed E-state index contributed by atoms with van der Waals surface area (Å²) >= 11 is 0. The molecule has 1 rings (SSSR count). The van der Waals surface area contributed by atoms with Crippen LogP contribution in [-0.2, 0) is 4.79 Å². The van der Waals surface area contributed by atoms with Crippen LogP contribution in [-0.4, -0.2) is 12.5 Å². The summed E-state index contributed by atoms with van der Waals surface area (Å²) in [5, 5.41) is 11.3. The number of hydrogen-bond donors (Lipinski definition) is 1. The fourth-order valence-corrected chi connectivity index (χ4v) is 2.21. The zero-order valence-electron chi connectivity index (χ0n) is 10.2. The summed E-state index contributed by atoms with van der Waals surface area (Å²) in [5.74, 6) is 1.26. The van der Waals surface area contributed by atoms with E-state index in [2.05, 4.69) is 18.3 Å². The Morgan fingerprint density at radius 1 is 1.31 bits per heavy atom. The number of amides is 1. The minimum atomic E-state index is 0.226. The molecule has 0 unspecified atom stereocenters. The zero-order chi connectivity index (χ0) is 11.8. The van der Waals surface area contributed by atoms with Crippen molar-refractivity contribution >= 4 is 5.91 Å². The SMILES string of the molecule is CC1CCC(C(=O)NCCCCC#N)CC1. The van der Waals surface area contributed by atoms with E-state index in [0.717, 1.165) is 38.1 Å². The van der Waals surface area contributed by atoms with E-state index in [1.807, 2.05) is 0 Å². The number of rotatable bonds is 5. The highest BCUT2D eigenvalue weighted by Crippen LogP contribution is 2.28. The van der Waals surface area contributed by atoms with Crippen molar-refractivity contribution in [2.75, 3.05) is 6.54 Å². The summed E-state index contributed by atoms with van der Waals surface area (Å²) in [6.07, 6.45) is 6.87. The molecule has 0 aromatic heterocycles. The summed E-state index contributed by atoms with van der Waals surface area (Å²) in [6, 6.07) is 2.11. The van der Waals surface area contributed by atoms with Crippen molar-refractivity contribution in [3.05, 3.63) is 0 Å². The van der Waals surface area contributed by atoms with Crippen molar-refractivity contribution < 1.29 is 4.79 Å². The van der Waals surface area contributed by atoms with Gasteiger partial charge in [-0.25, -0.2) is 0 Å². The number of hydrogen-bond acceptors (Lipinski definition) is 2. The van der Waals surface area contributed by atoms with Crippen molar-refractivity contribution in [2.24, 2.45) is 11.8 Å². The lowest BCUT2D eigenvalue weighted by atomic mass is 9.82. The van der Waals surface area contributed by atoms with Gasteiger partial charge in [-0.2, -0.15) is 5.26 Å². The van der Waals surface area contributed by atoms with Crippen LogP contribution in [0.1, 0.15) is 51.9 Å². The first-order chi connectivity index (χ1) is 7.74. The Kier molecular flexibility index (Phi) is 5.92. The van der Waals surface area contributed by atoms with Crippen LogP contribution in [0.4, 0.5) is 0 Å². The topological polar surface area (TPSA) is 52.9 Å². The molecule has 1 N–H and O–H groups in total. The van der Waals surface area contributed by atoms with Gasteiger partial charge in [0, 0.05) is 18.9 Å². The fourth-order valence-electron chi connectivity index (χ4n) is 2.21. The van der Waals surface area contributed by atoms with Gasteiger partial charge in [0.15, 0.2) is 0 Å². The van der Waals surface area contributed by atoms with E-state index in [9.17, 15) is 4.79 Å². The molecule has 0 aromatic carbocycles. The second-order valence-electron chi connectivity index (χ2n) is 4.86. The average Bonchev–Trinajstić information content (AvgIpc) is 2.29. The quantitative estimate of drug-likeness (QED) is 0.727. The standard InChI is InChI=1S/C13H22N2O/c1-11-5-7-12(8-6-11)13(16)15-10-4-2-3-9-14/h11-12H,2-8,10H2,1H3,(H,15,16). The Balaban J connectivity index is 2.08. The highest BCUT2D eigenvalue weighted by molar-refractivity contribution is 5.78. The monoisotopic (exact) mass is 222 g/mol. The third-order valence-corrected chi connectivity index (χ3v) is 3.40. The maximum Gasteiger partial charge on any atom is 0.223 e. The maximum absolute atomic E-state index is 11.8. The van der Waals surface area contributed by atoms with Gasteiger partial charge in [-0.1, -0.05) is 6.92 Å². The van der Waals surface area contributed by atoms with Gasteiger partial charge in [-0.3, -0.25) is 4.79 Å². The van der Waals surface area contributed by atoms with E-state index >= 15 is 0 Å². The molecular formula is C13H22N2O. The molecule has 1 aliphatic rings. The largest absolute Gasteiger partial charge is 0.356 e. The second-order valence-corrected chi connectivity index (χ2v) is 4.86. The van der Waals surface area contributed by atoms with Crippen molar-refractivity contribution in [1.29, 1.82) is 5.26 Å². The van der Waals surface area contributed by atoms with Crippen LogP contribution in [0.25, 0.3) is 0 Å². The number of unbranched alkanes of at least 4 members (excludes halogenated alkanes) is 2. The van der Waals surface area contributed by atoms with Crippen molar-refractivity contribution in [2.45, 2.75) is 51.9 Å². The van der Waals surface area contributed by atoms with E-state index in [1.54, 1.807) is 0 Å². The smallest absolute Gasteiger partial charge is 0.223 e. The highest BCUT2D eigenvalue weighted by Gasteiger charge is 2.23. The average molecular weight is 222 g/mol. The number of nitriles is 1. The first-order valence-electron chi connectivity index (χ1n) is 6.38. The van der Waals surface area contributed by atoms with E-state index in [1.165, 1.54) is 12.8 Å². The van der Waals surface area contributed by atoms with Crippen LogP contribution in [0.15, 0.2) is 0 Å². The van der Waals surface area contributed by atoms with Gasteiger partial charge >= 0.3 is 0 Å². The summed E-state index contributed by atoms with van der Waals surface area (Å²) in [7, 11) is 0. The fraction of sp³-hybridized carbons (Fsp3) is 0.846. The lowest BCUT2D eigenvalue weighted by Crippen LogP contribution is -2.33. The maximum atomic E-state index is 11.8. The van der Waals surface area contributed by atoms with Crippen molar-refractivity contribution in [3.8, 4) is 6.07 Å². The van der Waals surface area contributed by atoms with Gasteiger partial charge in [0.1, 0.15) is 0 Å². The van der Waals surface area contributed by atoms with E-state index in [0.29, 0.717) is 6.42 Å². The molecular weight excluding hydrogens is 200 g/mol. The van der Waals surface area contributed by atoms with Crippen LogP contribution in [0.5, 0.6) is 0 Å². The lowest BCUT2D eigenvalue weighted by Gasteiger charge is -2.25. The molecule has 0 spiro atoms. The van der Waals surface area contributed by atoms with Crippen LogP contribution in [0.3, 0.4) is 0 Å². The third-order valence-electron chi connectivity index (χ3n) is 3.40. The molecule has 0 heterocycles. The zero-order valence-corrected chi connectivity index (χ0v) is 10.2. The molecule has 0 radical (unpaired) electrons. The number of carbonyl (C=O) groups excluding carboxylic acids is 1. The van der Waals surface area contributed by atoms with E-state index in [-0.39, 0.29) is 11.8 Å². The number of carbonyl (C=O) groups is 1. The summed E-state index contributed by atoms with van der Waals surface area (Å²) < 4.78 is 0. The van der Waals surface area contributed by atoms with Gasteiger partial charge in [0.05, 0.1) is 6.07 Å². The molecule has 0 saturated heterocycles. The minimum absolute atomic E-state index is 0.226. The minimum Gasteiger partial charge on any atom is -0.356 e. The Bertz CT molecular complexity index is 249. The van der Waals surface area contributed by atoms with Gasteiger partial charge < -0.3 is 5.32 Å². The van der Waals surface area contributed by atoms with Gasteiger partial charge in [0.2, 0.25) is 5.91 Å². The Labute approximate surface area is 98.2 Å². The van der Waals surface area contributed by atoms with Crippen LogP contribution >= 0.6 is 0 Å². The molecule has 90 valence electrons. The van der Waals surface area contributed by atoms with Crippen molar-refractivity contribution in [1.82, 2.24) is 5.32 Å². The molecule has 0 atom stereocenters. The van der Waals surface area contributed by atoms with Crippen molar-refractivity contribution in [3.63, 3.8) is 0 Å². The molecule has 3 nitrogen and oxygen atoms in total. The van der Waals surface area contributed by atoms with E-state index < -0.39 is 0 Å². The van der Waals surface area contributed by atoms with E-state index in [4.69, 9.17) is 5.26 Å². The van der Waals surface area contributed by atoms with Crippen LogP contribution < -0.4 is 5.32 Å². The molecule has 1 amide bonds. The molecule has 1 aliphatic carbocycles. The predicted molar refractivity (Wildman–Crippen MR) is 63.6 cm³/mol. The molecule has 16 heavy (non-hydrogen) atoms. The molecule has 1 fully saturated rings. The molecule has 0 bridgehead atoms. The van der Waals surface area contributed by atoms with Gasteiger partial charge in [-0.05, 0) is 44.4 Å². The molecule has 0 aliphatic heterocycles. The Hall–Kier alpha value is -1.04. The summed E-state index contributed by atoms with van der Waals surface area (Å²) in [4.78, 5) is 11.8. The first-order valence-corrected chi connectivity index (χ1v) is 6.38. The Morgan fingerprint density at radius 3 is 2.62 bits per heavy atom. The van der Waals surface area contributed by atoms with Crippen LogP contribution in [0, 0.1) is 23.2 Å². The number of nitrogens with zero attached hydrogens (tertiary/aromatic N) is 1. The first kappa shape index (κ1) is 13.0. The molecule has 0 aromatic rings. The van der Waals surface area contributed by atoms with Gasteiger partial charge in [0.25, 0.3) is 0 Å².